The van der Waals surface area contributed by atoms with Gasteiger partial charge in [-0.05, 0) is 31.7 Å². The van der Waals surface area contributed by atoms with Gasteiger partial charge in [0.2, 0.25) is 21.8 Å². The average Bonchev–Trinajstić information content (AvgIpc) is 3.22. The van der Waals surface area contributed by atoms with Crippen LogP contribution in [0.5, 0.6) is 0 Å². The van der Waals surface area contributed by atoms with Gasteiger partial charge in [-0.3, -0.25) is 9.59 Å². The average molecular weight is 479 g/mol. The second-order valence-electron chi connectivity index (χ2n) is 8.08. The summed E-state index contributed by atoms with van der Waals surface area (Å²) in [5.74, 6) is -0.538. The predicted molar refractivity (Wildman–Crippen MR) is 127 cm³/mol. The van der Waals surface area contributed by atoms with E-state index in [1.807, 2.05) is 43.5 Å². The van der Waals surface area contributed by atoms with Gasteiger partial charge < -0.3 is 10.6 Å². The minimum atomic E-state index is -3.30. The number of nitrogens with one attached hydrogen (secondary N) is 2. The highest BCUT2D eigenvalue weighted by Gasteiger charge is 2.32. The number of thiazole rings is 1. The number of benzene rings is 1. The van der Waals surface area contributed by atoms with Crippen molar-refractivity contribution in [2.75, 3.05) is 24.2 Å². The molecule has 2 N–H and O–H groups in total. The number of piperidine rings is 1. The number of aromatic nitrogens is 1. The summed E-state index contributed by atoms with van der Waals surface area (Å²) in [4.78, 5) is 28.5. The van der Waals surface area contributed by atoms with Crippen molar-refractivity contribution < 1.29 is 18.0 Å². The third-order valence-electron chi connectivity index (χ3n) is 5.47. The van der Waals surface area contributed by atoms with Crippen LogP contribution >= 0.6 is 11.3 Å². The number of amides is 2. The van der Waals surface area contributed by atoms with E-state index in [0.29, 0.717) is 30.9 Å². The molecule has 0 radical (unpaired) electrons. The maximum Gasteiger partial charge on any atom is 0.230 e. The highest BCUT2D eigenvalue weighted by molar-refractivity contribution is 7.89. The molecule has 1 saturated heterocycles. The highest BCUT2D eigenvalue weighted by atomic mass is 32.2. The minimum absolute atomic E-state index is 0.0782. The number of carbonyl (C=O) groups is 2. The summed E-state index contributed by atoms with van der Waals surface area (Å²) in [5.41, 5.74) is 2.66. The lowest BCUT2D eigenvalue weighted by molar-refractivity contribution is -0.121. The van der Waals surface area contributed by atoms with Crippen molar-refractivity contribution in [3.8, 4) is 11.3 Å². The molecule has 10 heteroatoms. The summed E-state index contributed by atoms with van der Waals surface area (Å²) in [6, 6.07) is 7.68. The zero-order valence-corrected chi connectivity index (χ0v) is 20.3. The number of carbonyl (C=O) groups excluding carboxylic acids is 2. The molecule has 3 rings (SSSR count). The summed E-state index contributed by atoms with van der Waals surface area (Å²) < 4.78 is 26.2. The first-order chi connectivity index (χ1) is 15.2. The Bertz CT molecular complexity index is 1050. The van der Waals surface area contributed by atoms with E-state index in [-0.39, 0.29) is 36.1 Å². The maximum absolute atomic E-state index is 12.8. The fraction of sp³-hybridized carbons (Fsp3) is 0.500. The van der Waals surface area contributed by atoms with Crippen LogP contribution in [0.25, 0.3) is 11.3 Å². The van der Waals surface area contributed by atoms with Crippen molar-refractivity contribution >= 4 is 38.3 Å². The summed E-state index contributed by atoms with van der Waals surface area (Å²) >= 11 is 1.34. The number of nitrogens with zero attached hydrogens (tertiary/aromatic N) is 2. The second kappa shape index (κ2) is 10.5. The summed E-state index contributed by atoms with van der Waals surface area (Å²) in [7, 11) is -3.30. The molecule has 1 aromatic heterocycles. The van der Waals surface area contributed by atoms with E-state index in [1.54, 1.807) is 0 Å². The molecule has 0 bridgehead atoms. The van der Waals surface area contributed by atoms with Crippen molar-refractivity contribution in [2.24, 2.45) is 5.92 Å². The lowest BCUT2D eigenvalue weighted by Gasteiger charge is -2.30. The predicted octanol–water partition coefficient (Wildman–Crippen LogP) is 3.40. The van der Waals surface area contributed by atoms with Crippen molar-refractivity contribution in [1.29, 1.82) is 0 Å². The smallest absolute Gasteiger partial charge is 0.230 e. The van der Waals surface area contributed by atoms with Crippen molar-refractivity contribution in [3.63, 3.8) is 0 Å². The fourth-order valence-electron chi connectivity index (χ4n) is 3.80. The van der Waals surface area contributed by atoms with E-state index in [2.05, 4.69) is 15.6 Å². The first-order valence-corrected chi connectivity index (χ1v) is 13.3. The van der Waals surface area contributed by atoms with Gasteiger partial charge in [0.15, 0.2) is 5.13 Å². The fourth-order valence-corrected chi connectivity index (χ4v) is 6.11. The molecular weight excluding hydrogens is 448 g/mol. The number of anilines is 1. The van der Waals surface area contributed by atoms with Crippen molar-refractivity contribution in [1.82, 2.24) is 14.6 Å². The Hall–Kier alpha value is -2.30. The molecule has 1 aliphatic heterocycles. The molecule has 1 aromatic carbocycles. The van der Waals surface area contributed by atoms with Crippen LogP contribution in [0.15, 0.2) is 29.6 Å². The molecule has 1 aliphatic rings. The number of hydrogen-bond acceptors (Lipinski definition) is 6. The van der Waals surface area contributed by atoms with E-state index >= 15 is 0 Å². The molecule has 2 heterocycles. The van der Waals surface area contributed by atoms with Crippen LogP contribution in [0.4, 0.5) is 5.13 Å². The van der Waals surface area contributed by atoms with E-state index in [4.69, 9.17) is 0 Å². The van der Waals surface area contributed by atoms with Gasteiger partial charge >= 0.3 is 0 Å². The van der Waals surface area contributed by atoms with Gasteiger partial charge in [-0.2, -0.15) is 0 Å². The van der Waals surface area contributed by atoms with Gasteiger partial charge in [0.05, 0.1) is 23.4 Å². The lowest BCUT2D eigenvalue weighted by atomic mass is 9.99. The zero-order chi connectivity index (χ0) is 23.3. The Morgan fingerprint density at radius 3 is 2.66 bits per heavy atom. The van der Waals surface area contributed by atoms with Crippen LogP contribution in [0.2, 0.25) is 0 Å². The van der Waals surface area contributed by atoms with Gasteiger partial charge in [0.1, 0.15) is 0 Å². The van der Waals surface area contributed by atoms with E-state index in [0.717, 1.165) is 16.8 Å². The first-order valence-electron chi connectivity index (χ1n) is 10.8. The van der Waals surface area contributed by atoms with E-state index < -0.39 is 10.0 Å². The zero-order valence-electron chi connectivity index (χ0n) is 18.6. The topological polar surface area (TPSA) is 108 Å². The Balaban J connectivity index is 1.62. The van der Waals surface area contributed by atoms with Gasteiger partial charge in [0.25, 0.3) is 0 Å². The number of rotatable bonds is 8. The molecular formula is C22H30N4O4S2. The molecule has 174 valence electrons. The number of sulfonamides is 1. The van der Waals surface area contributed by atoms with Crippen LogP contribution in [-0.4, -0.2) is 48.4 Å². The molecule has 8 nitrogen and oxygen atoms in total. The van der Waals surface area contributed by atoms with Gasteiger partial charge in [-0.15, -0.1) is 11.3 Å². The van der Waals surface area contributed by atoms with Crippen LogP contribution in [0.1, 0.15) is 51.6 Å². The van der Waals surface area contributed by atoms with Crippen molar-refractivity contribution in [3.05, 3.63) is 35.2 Å². The van der Waals surface area contributed by atoms with Crippen LogP contribution in [0, 0.1) is 5.92 Å². The Kier molecular flexibility index (Phi) is 8.02. The molecule has 2 amide bonds. The monoisotopic (exact) mass is 478 g/mol. The first kappa shape index (κ1) is 24.3. The third kappa shape index (κ3) is 6.14. The Labute approximate surface area is 193 Å². The van der Waals surface area contributed by atoms with Gasteiger partial charge in [-0.1, -0.05) is 31.2 Å². The maximum atomic E-state index is 12.8. The highest BCUT2D eigenvalue weighted by Crippen LogP contribution is 2.28. The minimum Gasteiger partial charge on any atom is -0.350 e. The van der Waals surface area contributed by atoms with E-state index in [9.17, 15) is 18.0 Å². The summed E-state index contributed by atoms with van der Waals surface area (Å²) in [5, 5.41) is 8.08. The standard InChI is InChI=1S/C22H30N4O4S2/c1-4-12-32(29,30)26-11-5-6-19(13-26)21(28)25-22-24-20(14-31-22)18-9-7-17(8-10-18)15(2)23-16(3)27/h7-10,14-15,19H,4-6,11-13H2,1-3H3,(H,23,27)(H,24,25,28). The van der Waals surface area contributed by atoms with Crippen LogP contribution < -0.4 is 10.6 Å². The summed E-state index contributed by atoms with van der Waals surface area (Å²) in [6.07, 6.45) is 1.90. The largest absolute Gasteiger partial charge is 0.350 e. The molecule has 2 atom stereocenters. The van der Waals surface area contributed by atoms with Crippen molar-refractivity contribution in [2.45, 2.75) is 46.1 Å². The second-order valence-corrected chi connectivity index (χ2v) is 11.0. The normalized spacial score (nSPS) is 18.2. The van der Waals surface area contributed by atoms with Crippen LogP contribution in [-0.2, 0) is 19.6 Å². The molecule has 2 aromatic rings. The number of hydrogen-bond donors (Lipinski definition) is 2. The van der Waals surface area contributed by atoms with Gasteiger partial charge in [0, 0.05) is 31.0 Å². The quantitative estimate of drug-likeness (QED) is 0.605. The van der Waals surface area contributed by atoms with Gasteiger partial charge in [-0.25, -0.2) is 17.7 Å². The molecule has 0 aliphatic carbocycles. The lowest BCUT2D eigenvalue weighted by Crippen LogP contribution is -2.44. The Morgan fingerprint density at radius 1 is 1.28 bits per heavy atom. The van der Waals surface area contributed by atoms with E-state index in [1.165, 1.54) is 22.6 Å². The molecule has 0 saturated carbocycles. The SMILES string of the molecule is CCCS(=O)(=O)N1CCCC(C(=O)Nc2nc(-c3ccc(C(C)NC(C)=O)cc3)cs2)C1. The molecule has 0 spiro atoms. The molecule has 1 fully saturated rings. The summed E-state index contributed by atoms with van der Waals surface area (Å²) in [6.45, 7) is 5.95. The Morgan fingerprint density at radius 2 is 2.00 bits per heavy atom. The van der Waals surface area contributed by atoms with Crippen LogP contribution in [0.3, 0.4) is 0 Å². The molecule has 32 heavy (non-hydrogen) atoms. The molecule has 2 unspecified atom stereocenters. The third-order valence-corrected chi connectivity index (χ3v) is 8.27.